The lowest BCUT2D eigenvalue weighted by atomic mass is 9.81. The lowest BCUT2D eigenvalue weighted by Gasteiger charge is -2.50. The average Bonchev–Trinajstić information content (AvgIpc) is 2.25. The molecular formula is C11H18O2S2. The zero-order valence-corrected chi connectivity index (χ0v) is 10.5. The van der Waals surface area contributed by atoms with Gasteiger partial charge < -0.3 is 9.84 Å². The molecule has 3 saturated heterocycles. The van der Waals surface area contributed by atoms with Crippen molar-refractivity contribution in [3.63, 3.8) is 0 Å². The molecule has 0 bridgehead atoms. The van der Waals surface area contributed by atoms with Gasteiger partial charge in [0.05, 0.1) is 6.10 Å². The van der Waals surface area contributed by atoms with Gasteiger partial charge in [0.15, 0.2) is 5.79 Å². The Morgan fingerprint density at radius 2 is 2.07 bits per heavy atom. The van der Waals surface area contributed by atoms with E-state index in [0.717, 1.165) is 24.3 Å². The Balaban J connectivity index is 1.76. The first-order chi connectivity index (χ1) is 7.28. The molecule has 4 heteroatoms. The Kier molecular flexibility index (Phi) is 2.96. The van der Waals surface area contributed by atoms with Crippen LogP contribution < -0.4 is 0 Å². The molecule has 0 unspecified atom stereocenters. The molecule has 0 aromatic heterocycles. The van der Waals surface area contributed by atoms with Crippen LogP contribution in [0.5, 0.6) is 0 Å². The maximum atomic E-state index is 10.5. The highest BCUT2D eigenvalue weighted by Crippen LogP contribution is 2.46. The van der Waals surface area contributed by atoms with Crippen molar-refractivity contribution in [3.05, 3.63) is 0 Å². The highest BCUT2D eigenvalue weighted by atomic mass is 32.2. The maximum Gasteiger partial charge on any atom is 0.170 e. The van der Waals surface area contributed by atoms with E-state index >= 15 is 0 Å². The highest BCUT2D eigenvalue weighted by molar-refractivity contribution is 7.99. The number of fused-ring (bicyclic) bond motifs is 2. The zero-order chi connectivity index (χ0) is 10.3. The van der Waals surface area contributed by atoms with Crippen molar-refractivity contribution in [1.29, 1.82) is 0 Å². The third kappa shape index (κ3) is 1.94. The Morgan fingerprint density at radius 1 is 1.20 bits per heavy atom. The molecule has 0 aromatic rings. The van der Waals surface area contributed by atoms with Crippen LogP contribution in [0.15, 0.2) is 0 Å². The fourth-order valence-corrected chi connectivity index (χ4v) is 5.47. The molecule has 3 fully saturated rings. The minimum atomic E-state index is -0.769. The summed E-state index contributed by atoms with van der Waals surface area (Å²) in [5.41, 5.74) is 0. The van der Waals surface area contributed by atoms with E-state index in [0.29, 0.717) is 17.9 Å². The lowest BCUT2D eigenvalue weighted by molar-refractivity contribution is -0.293. The van der Waals surface area contributed by atoms with Crippen molar-refractivity contribution in [2.75, 3.05) is 23.0 Å². The minimum Gasteiger partial charge on any atom is -0.365 e. The lowest BCUT2D eigenvalue weighted by Crippen LogP contribution is -2.55. The van der Waals surface area contributed by atoms with Crippen LogP contribution in [0.1, 0.15) is 19.3 Å². The Bertz CT molecular complexity index is 249. The second-order valence-electron chi connectivity index (χ2n) is 4.88. The quantitative estimate of drug-likeness (QED) is 0.708. The van der Waals surface area contributed by atoms with Gasteiger partial charge in [-0.2, -0.15) is 23.5 Å². The van der Waals surface area contributed by atoms with E-state index in [-0.39, 0.29) is 0 Å². The third-order valence-corrected chi connectivity index (χ3v) is 6.23. The molecule has 0 amide bonds. The predicted molar refractivity (Wildman–Crippen MR) is 65.3 cm³/mol. The van der Waals surface area contributed by atoms with Crippen molar-refractivity contribution in [1.82, 2.24) is 0 Å². The van der Waals surface area contributed by atoms with Gasteiger partial charge in [0.25, 0.3) is 0 Å². The smallest absolute Gasteiger partial charge is 0.170 e. The van der Waals surface area contributed by atoms with Crippen molar-refractivity contribution in [3.8, 4) is 0 Å². The van der Waals surface area contributed by atoms with Gasteiger partial charge in [0, 0.05) is 18.1 Å². The second kappa shape index (κ2) is 4.13. The molecule has 3 aliphatic rings. The van der Waals surface area contributed by atoms with Crippen molar-refractivity contribution >= 4 is 23.5 Å². The van der Waals surface area contributed by atoms with Gasteiger partial charge in [0.1, 0.15) is 0 Å². The summed E-state index contributed by atoms with van der Waals surface area (Å²) in [6.45, 7) is 0. The molecule has 0 radical (unpaired) electrons. The molecule has 4 atom stereocenters. The summed E-state index contributed by atoms with van der Waals surface area (Å²) in [6.07, 6.45) is 3.49. The third-order valence-electron chi connectivity index (χ3n) is 3.91. The molecular weight excluding hydrogens is 228 g/mol. The summed E-state index contributed by atoms with van der Waals surface area (Å²) in [7, 11) is 0. The van der Waals surface area contributed by atoms with Gasteiger partial charge in [-0.05, 0) is 36.0 Å². The summed E-state index contributed by atoms with van der Waals surface area (Å²) in [5, 5.41) is 10.5. The summed E-state index contributed by atoms with van der Waals surface area (Å²) < 4.78 is 6.01. The highest BCUT2D eigenvalue weighted by Gasteiger charge is 2.49. The Labute approximate surface area is 99.5 Å². The average molecular weight is 246 g/mol. The molecule has 0 aromatic carbocycles. The second-order valence-corrected chi connectivity index (χ2v) is 7.18. The number of hydrogen-bond acceptors (Lipinski definition) is 4. The molecule has 15 heavy (non-hydrogen) atoms. The van der Waals surface area contributed by atoms with Crippen LogP contribution in [0.2, 0.25) is 0 Å². The minimum absolute atomic E-state index is 0.343. The van der Waals surface area contributed by atoms with Gasteiger partial charge in [-0.3, -0.25) is 0 Å². The summed E-state index contributed by atoms with van der Waals surface area (Å²) >= 11 is 4.02. The first-order valence-corrected chi connectivity index (χ1v) is 8.14. The van der Waals surface area contributed by atoms with Gasteiger partial charge in [-0.15, -0.1) is 0 Å². The van der Waals surface area contributed by atoms with Crippen molar-refractivity contribution in [2.24, 2.45) is 11.8 Å². The van der Waals surface area contributed by atoms with Crippen LogP contribution in [0, 0.1) is 11.8 Å². The molecule has 86 valence electrons. The van der Waals surface area contributed by atoms with E-state index in [1.807, 2.05) is 11.8 Å². The fourth-order valence-electron chi connectivity index (χ4n) is 2.97. The number of thioether (sulfide) groups is 2. The van der Waals surface area contributed by atoms with E-state index in [9.17, 15) is 5.11 Å². The molecule has 2 nitrogen and oxygen atoms in total. The van der Waals surface area contributed by atoms with E-state index in [4.69, 9.17) is 4.74 Å². The fraction of sp³-hybridized carbons (Fsp3) is 1.00. The van der Waals surface area contributed by atoms with Crippen LogP contribution in [0.3, 0.4) is 0 Å². The van der Waals surface area contributed by atoms with Gasteiger partial charge in [-0.1, -0.05) is 0 Å². The topological polar surface area (TPSA) is 29.5 Å². The molecule has 1 N–H and O–H groups in total. The van der Waals surface area contributed by atoms with Gasteiger partial charge in [0.2, 0.25) is 0 Å². The standard InChI is InChI=1S/C11H18O2S2/c12-11-2-4-15-7-9(11)5-8-6-14-3-1-10(8)13-11/h8-10,12H,1-7H2/t8-,9-,10+,11-/m1/s1. The van der Waals surface area contributed by atoms with E-state index in [1.54, 1.807) is 0 Å². The van der Waals surface area contributed by atoms with E-state index < -0.39 is 5.79 Å². The number of aliphatic hydroxyl groups is 1. The summed E-state index contributed by atoms with van der Waals surface area (Å²) in [5.74, 6) is 4.90. The van der Waals surface area contributed by atoms with Crippen LogP contribution >= 0.6 is 23.5 Å². The maximum absolute atomic E-state index is 10.5. The van der Waals surface area contributed by atoms with E-state index in [1.165, 1.54) is 17.9 Å². The van der Waals surface area contributed by atoms with E-state index in [2.05, 4.69) is 11.8 Å². The predicted octanol–water partition coefficient (Wildman–Crippen LogP) is 1.97. The number of hydrogen-bond donors (Lipinski definition) is 1. The number of rotatable bonds is 0. The normalized spacial score (nSPS) is 50.6. The first-order valence-electron chi connectivity index (χ1n) is 5.83. The van der Waals surface area contributed by atoms with Gasteiger partial charge in [-0.25, -0.2) is 0 Å². The first kappa shape index (κ1) is 10.8. The SMILES string of the molecule is O[C@@]12CCSC[C@H]1C[C@@H]1CSCC[C@@H]1O2. The van der Waals surface area contributed by atoms with Crippen LogP contribution in [0.4, 0.5) is 0 Å². The molecule has 0 saturated carbocycles. The summed E-state index contributed by atoms with van der Waals surface area (Å²) in [4.78, 5) is 0. The molecule has 0 spiro atoms. The van der Waals surface area contributed by atoms with Gasteiger partial charge >= 0.3 is 0 Å². The van der Waals surface area contributed by atoms with Crippen molar-refractivity contribution < 1.29 is 9.84 Å². The van der Waals surface area contributed by atoms with Crippen LogP contribution in [-0.4, -0.2) is 40.0 Å². The zero-order valence-electron chi connectivity index (χ0n) is 8.85. The van der Waals surface area contributed by atoms with Crippen LogP contribution in [0.25, 0.3) is 0 Å². The molecule has 3 aliphatic heterocycles. The molecule has 3 heterocycles. The Hall–Kier alpha value is 0.620. The summed E-state index contributed by atoms with van der Waals surface area (Å²) in [6, 6.07) is 0. The number of ether oxygens (including phenoxy) is 1. The van der Waals surface area contributed by atoms with Crippen LogP contribution in [-0.2, 0) is 4.74 Å². The van der Waals surface area contributed by atoms with Crippen molar-refractivity contribution in [2.45, 2.75) is 31.2 Å². The molecule has 3 rings (SSSR count). The monoisotopic (exact) mass is 246 g/mol. The largest absolute Gasteiger partial charge is 0.365 e. The molecule has 0 aliphatic carbocycles. The Morgan fingerprint density at radius 3 is 3.00 bits per heavy atom.